The van der Waals surface area contributed by atoms with Gasteiger partial charge < -0.3 is 4.74 Å². The molecule has 0 spiro atoms. The summed E-state index contributed by atoms with van der Waals surface area (Å²) in [4.78, 5) is 14.9. The van der Waals surface area contributed by atoms with Gasteiger partial charge in [0.05, 0.1) is 24.6 Å². The lowest BCUT2D eigenvalue weighted by Crippen LogP contribution is -2.06. The minimum atomic E-state index is -3.11. The number of hydrogen-bond donors (Lipinski definition) is 0. The highest BCUT2D eigenvalue weighted by atomic mass is 19.3. The van der Waals surface area contributed by atoms with Crippen LogP contribution >= 0.6 is 0 Å². The molecule has 0 radical (unpaired) electrons. The topological polar surface area (TPSA) is 39.2 Å². The number of benzene rings is 1. The zero-order valence-electron chi connectivity index (χ0n) is 11.0. The fraction of sp³-hybridized carbons (Fsp3) is 0.143. The maximum Gasteiger partial charge on any atom is 0.340 e. The molecule has 0 aliphatic carbocycles. The average Bonchev–Trinajstić information content (AvgIpc) is 2.49. The van der Waals surface area contributed by atoms with Gasteiger partial charge in [0.1, 0.15) is 0 Å². The van der Waals surface area contributed by atoms with E-state index in [0.717, 1.165) is 13.2 Å². The first-order chi connectivity index (χ1) is 10.3. The summed E-state index contributed by atoms with van der Waals surface area (Å²) in [6, 6.07) is 1.68. The fourth-order valence-corrected chi connectivity index (χ4v) is 1.82. The number of nitrogens with zero attached hydrogens (tertiary/aromatic N) is 1. The second kappa shape index (κ2) is 6.08. The molecule has 0 saturated carbocycles. The number of pyridine rings is 1. The van der Waals surface area contributed by atoms with Crippen LogP contribution < -0.4 is 0 Å². The summed E-state index contributed by atoms with van der Waals surface area (Å²) in [5.41, 5.74) is -2.14. The number of methoxy groups -OCH3 is 1. The lowest BCUT2D eigenvalue weighted by atomic mass is 10.0. The van der Waals surface area contributed by atoms with Crippen LogP contribution in [-0.2, 0) is 4.74 Å². The molecule has 2 rings (SSSR count). The van der Waals surface area contributed by atoms with Gasteiger partial charge in [0, 0.05) is 11.1 Å². The molecule has 3 nitrogen and oxygen atoms in total. The van der Waals surface area contributed by atoms with Crippen molar-refractivity contribution in [3.63, 3.8) is 0 Å². The standard InChI is InChI=1S/C14H8F5NO2/c1-22-14(21)8-4-12(20-5-11(8)17)6-2-9(15)10(16)3-7(6)13(18)19/h2-5,13H,1H3. The first kappa shape index (κ1) is 15.9. The van der Waals surface area contributed by atoms with E-state index in [4.69, 9.17) is 0 Å². The molecule has 0 atom stereocenters. The minimum Gasteiger partial charge on any atom is -0.465 e. The summed E-state index contributed by atoms with van der Waals surface area (Å²) in [7, 11) is 1.00. The third kappa shape index (κ3) is 2.90. The van der Waals surface area contributed by atoms with E-state index < -0.39 is 46.5 Å². The van der Waals surface area contributed by atoms with Gasteiger partial charge in [-0.2, -0.15) is 0 Å². The fourth-order valence-electron chi connectivity index (χ4n) is 1.82. The quantitative estimate of drug-likeness (QED) is 0.637. The lowest BCUT2D eigenvalue weighted by molar-refractivity contribution is 0.0595. The molecule has 0 saturated heterocycles. The number of aromatic nitrogens is 1. The van der Waals surface area contributed by atoms with Gasteiger partial charge in [0.15, 0.2) is 17.5 Å². The molecule has 1 aromatic heterocycles. The molecule has 0 bridgehead atoms. The Morgan fingerprint density at radius 2 is 1.73 bits per heavy atom. The van der Waals surface area contributed by atoms with Crippen LogP contribution in [0.3, 0.4) is 0 Å². The largest absolute Gasteiger partial charge is 0.465 e. The van der Waals surface area contributed by atoms with Crippen molar-refractivity contribution in [1.82, 2.24) is 4.98 Å². The normalized spacial score (nSPS) is 10.9. The number of carbonyl (C=O) groups excluding carboxylic acids is 1. The van der Waals surface area contributed by atoms with Crippen molar-refractivity contribution in [1.29, 1.82) is 0 Å². The van der Waals surface area contributed by atoms with Crippen LogP contribution in [0.4, 0.5) is 22.0 Å². The highest BCUT2D eigenvalue weighted by Gasteiger charge is 2.21. The van der Waals surface area contributed by atoms with Crippen molar-refractivity contribution >= 4 is 5.97 Å². The predicted octanol–water partition coefficient (Wildman–Crippen LogP) is 3.89. The van der Waals surface area contributed by atoms with Gasteiger partial charge in [-0.15, -0.1) is 0 Å². The molecular weight excluding hydrogens is 309 g/mol. The van der Waals surface area contributed by atoms with E-state index in [2.05, 4.69) is 9.72 Å². The molecule has 0 N–H and O–H groups in total. The van der Waals surface area contributed by atoms with Crippen LogP contribution in [0.15, 0.2) is 24.4 Å². The molecule has 0 fully saturated rings. The molecule has 22 heavy (non-hydrogen) atoms. The summed E-state index contributed by atoms with van der Waals surface area (Å²) in [6.45, 7) is 0. The van der Waals surface area contributed by atoms with Crippen LogP contribution in [0, 0.1) is 17.5 Å². The molecule has 0 unspecified atom stereocenters. The highest BCUT2D eigenvalue weighted by Crippen LogP contribution is 2.32. The number of esters is 1. The SMILES string of the molecule is COC(=O)c1cc(-c2cc(F)c(F)cc2C(F)F)ncc1F. The van der Waals surface area contributed by atoms with Crippen LogP contribution in [-0.4, -0.2) is 18.1 Å². The van der Waals surface area contributed by atoms with Crippen LogP contribution in [0.2, 0.25) is 0 Å². The monoisotopic (exact) mass is 317 g/mol. The molecule has 0 amide bonds. The molecule has 2 aromatic rings. The minimum absolute atomic E-state index is 0.309. The highest BCUT2D eigenvalue weighted by molar-refractivity contribution is 5.90. The summed E-state index contributed by atoms with van der Waals surface area (Å²) < 4.78 is 70.1. The Morgan fingerprint density at radius 3 is 2.32 bits per heavy atom. The molecular formula is C14H8F5NO2. The molecule has 1 aromatic carbocycles. The lowest BCUT2D eigenvalue weighted by Gasteiger charge is -2.10. The smallest absolute Gasteiger partial charge is 0.340 e. The first-order valence-electron chi connectivity index (χ1n) is 5.86. The predicted molar refractivity (Wildman–Crippen MR) is 65.8 cm³/mol. The summed E-state index contributed by atoms with van der Waals surface area (Å²) in [5, 5.41) is 0. The molecule has 116 valence electrons. The number of hydrogen-bond acceptors (Lipinski definition) is 3. The summed E-state index contributed by atoms with van der Waals surface area (Å²) >= 11 is 0. The van der Waals surface area contributed by atoms with Gasteiger partial charge in [0.25, 0.3) is 6.43 Å². The molecule has 0 aliphatic rings. The number of ether oxygens (including phenoxy) is 1. The van der Waals surface area contributed by atoms with Crippen molar-refractivity contribution in [2.24, 2.45) is 0 Å². The maximum absolute atomic E-state index is 13.5. The van der Waals surface area contributed by atoms with Crippen molar-refractivity contribution in [2.45, 2.75) is 6.43 Å². The van der Waals surface area contributed by atoms with E-state index in [1.54, 1.807) is 0 Å². The molecule has 0 aliphatic heterocycles. The third-order valence-electron chi connectivity index (χ3n) is 2.86. The van der Waals surface area contributed by atoms with Crippen molar-refractivity contribution in [3.8, 4) is 11.3 Å². The summed E-state index contributed by atoms with van der Waals surface area (Å²) in [5.74, 6) is -4.90. The van der Waals surface area contributed by atoms with E-state index >= 15 is 0 Å². The second-order valence-electron chi connectivity index (χ2n) is 4.20. The van der Waals surface area contributed by atoms with E-state index in [1.807, 2.05) is 0 Å². The van der Waals surface area contributed by atoms with Gasteiger partial charge >= 0.3 is 5.97 Å². The maximum atomic E-state index is 13.5. The van der Waals surface area contributed by atoms with Crippen LogP contribution in [0.5, 0.6) is 0 Å². The number of alkyl halides is 2. The van der Waals surface area contributed by atoms with Gasteiger partial charge in [-0.3, -0.25) is 4.98 Å². The molecule has 1 heterocycles. The van der Waals surface area contributed by atoms with E-state index in [9.17, 15) is 26.7 Å². The molecule has 8 heteroatoms. The number of carbonyl (C=O) groups is 1. The first-order valence-corrected chi connectivity index (χ1v) is 5.86. The van der Waals surface area contributed by atoms with Crippen LogP contribution in [0.1, 0.15) is 22.3 Å². The summed E-state index contributed by atoms with van der Waals surface area (Å²) in [6.07, 6.45) is -2.50. The van der Waals surface area contributed by atoms with Gasteiger partial charge in [-0.25, -0.2) is 26.7 Å². The Balaban J connectivity index is 2.66. The van der Waals surface area contributed by atoms with Crippen LogP contribution in [0.25, 0.3) is 11.3 Å². The third-order valence-corrected chi connectivity index (χ3v) is 2.86. The van der Waals surface area contributed by atoms with E-state index in [0.29, 0.717) is 18.3 Å². The van der Waals surface area contributed by atoms with Crippen molar-refractivity contribution < 1.29 is 31.5 Å². The van der Waals surface area contributed by atoms with Crippen molar-refractivity contribution in [2.75, 3.05) is 7.11 Å². The zero-order chi connectivity index (χ0) is 16.4. The van der Waals surface area contributed by atoms with E-state index in [1.165, 1.54) is 0 Å². The Labute approximate surface area is 121 Å². The second-order valence-corrected chi connectivity index (χ2v) is 4.20. The van der Waals surface area contributed by atoms with Gasteiger partial charge in [-0.1, -0.05) is 0 Å². The average molecular weight is 317 g/mol. The Kier molecular flexibility index (Phi) is 4.39. The van der Waals surface area contributed by atoms with Gasteiger partial charge in [0.2, 0.25) is 0 Å². The van der Waals surface area contributed by atoms with Gasteiger partial charge in [-0.05, 0) is 18.2 Å². The van der Waals surface area contributed by atoms with E-state index in [-0.39, 0.29) is 5.69 Å². The Hall–Kier alpha value is -2.51. The zero-order valence-corrected chi connectivity index (χ0v) is 11.0. The Bertz CT molecular complexity index is 733. The number of halogens is 5. The Morgan fingerprint density at radius 1 is 1.09 bits per heavy atom. The van der Waals surface area contributed by atoms with Crippen molar-refractivity contribution in [3.05, 3.63) is 53.0 Å². The number of rotatable bonds is 3.